The number of hydrogen-bond acceptors (Lipinski definition) is 5. The third-order valence-corrected chi connectivity index (χ3v) is 4.55. The Morgan fingerprint density at radius 2 is 2.23 bits per heavy atom. The Bertz CT molecular complexity index is 871. The van der Waals surface area contributed by atoms with Crippen LogP contribution in [0, 0.1) is 6.92 Å². The van der Waals surface area contributed by atoms with E-state index in [-0.39, 0.29) is 11.8 Å². The lowest BCUT2D eigenvalue weighted by molar-refractivity contribution is 0.102. The predicted octanol–water partition coefficient (Wildman–Crippen LogP) is 3.25. The van der Waals surface area contributed by atoms with Crippen LogP contribution in [0.4, 0.5) is 5.13 Å². The number of fused-ring (bicyclic) bond motifs is 1. The second-order valence-corrected chi connectivity index (χ2v) is 6.16. The zero-order chi connectivity index (χ0) is 15.9. The molecule has 0 saturated heterocycles. The summed E-state index contributed by atoms with van der Waals surface area (Å²) in [4.78, 5) is 16.8. The monoisotopic (exact) mass is 336 g/mol. The number of anilines is 1. The van der Waals surface area contributed by atoms with Crippen molar-refractivity contribution >= 4 is 44.2 Å². The smallest absolute Gasteiger partial charge is 0.264 e. The first kappa shape index (κ1) is 14.8. The summed E-state index contributed by atoms with van der Waals surface area (Å²) in [5, 5.41) is 8.00. The van der Waals surface area contributed by atoms with E-state index in [1.54, 1.807) is 13.2 Å². The topological polar surface area (TPSA) is 69.0 Å². The molecule has 0 saturated carbocycles. The fourth-order valence-corrected chi connectivity index (χ4v) is 3.17. The number of nitrogens with zero attached hydrogens (tertiary/aromatic N) is 3. The van der Waals surface area contributed by atoms with Gasteiger partial charge in [-0.05, 0) is 24.6 Å². The van der Waals surface area contributed by atoms with Gasteiger partial charge in [0.1, 0.15) is 5.56 Å². The number of thiazole rings is 1. The number of rotatable bonds is 3. The van der Waals surface area contributed by atoms with Crippen LogP contribution in [-0.4, -0.2) is 27.8 Å². The molecule has 22 heavy (non-hydrogen) atoms. The lowest BCUT2D eigenvalue weighted by Crippen LogP contribution is -2.12. The van der Waals surface area contributed by atoms with Crippen molar-refractivity contribution < 1.29 is 9.53 Å². The van der Waals surface area contributed by atoms with Crippen molar-refractivity contribution in [2.75, 3.05) is 12.4 Å². The van der Waals surface area contributed by atoms with Gasteiger partial charge in [0.15, 0.2) is 5.13 Å². The maximum Gasteiger partial charge on any atom is 0.264 e. The highest BCUT2D eigenvalue weighted by atomic mass is 35.5. The average Bonchev–Trinajstić information content (AvgIpc) is 3.06. The van der Waals surface area contributed by atoms with Crippen LogP contribution in [0.5, 0.6) is 5.88 Å². The van der Waals surface area contributed by atoms with E-state index in [0.717, 1.165) is 15.8 Å². The van der Waals surface area contributed by atoms with E-state index in [2.05, 4.69) is 15.4 Å². The first-order valence-corrected chi connectivity index (χ1v) is 7.63. The fraction of sp³-hybridized carbons (Fsp3) is 0.214. The molecule has 0 fully saturated rings. The predicted molar refractivity (Wildman–Crippen MR) is 87.1 cm³/mol. The number of halogens is 1. The maximum atomic E-state index is 12.3. The zero-order valence-corrected chi connectivity index (χ0v) is 13.7. The molecule has 0 radical (unpaired) electrons. The normalized spacial score (nSPS) is 10.9. The van der Waals surface area contributed by atoms with E-state index in [1.165, 1.54) is 23.1 Å². The second kappa shape index (κ2) is 5.58. The molecule has 0 atom stereocenters. The molecule has 1 N–H and O–H groups in total. The number of nitrogens with one attached hydrogen (secondary N) is 1. The first-order valence-electron chi connectivity index (χ1n) is 6.44. The molecular formula is C14H13ClN4O2S. The largest absolute Gasteiger partial charge is 0.479 e. The molecule has 1 amide bonds. The average molecular weight is 337 g/mol. The molecule has 2 aromatic heterocycles. The summed E-state index contributed by atoms with van der Waals surface area (Å²) in [5.41, 5.74) is 2.06. The van der Waals surface area contributed by atoms with E-state index in [0.29, 0.717) is 15.7 Å². The van der Waals surface area contributed by atoms with Crippen molar-refractivity contribution in [3.63, 3.8) is 0 Å². The molecule has 3 aromatic rings. The van der Waals surface area contributed by atoms with Gasteiger partial charge in [-0.3, -0.25) is 14.8 Å². The van der Waals surface area contributed by atoms with Crippen LogP contribution in [0.2, 0.25) is 5.02 Å². The van der Waals surface area contributed by atoms with Crippen molar-refractivity contribution in [1.82, 2.24) is 14.8 Å². The Balaban J connectivity index is 1.92. The van der Waals surface area contributed by atoms with E-state index in [9.17, 15) is 4.79 Å². The Kier molecular flexibility index (Phi) is 3.76. The summed E-state index contributed by atoms with van der Waals surface area (Å²) in [6.07, 6.45) is 1.60. The summed E-state index contributed by atoms with van der Waals surface area (Å²) in [6, 6.07) is 3.72. The standard InChI is InChI=1S/C14H13ClN4O2S/c1-7-9(15)4-5-10-11(7)16-14(22-10)17-12(20)8-6-19(2)18-13(8)21-3/h4-6H,1-3H3,(H,16,17,20). The summed E-state index contributed by atoms with van der Waals surface area (Å²) in [6.45, 7) is 1.90. The highest BCUT2D eigenvalue weighted by Crippen LogP contribution is 2.32. The molecule has 3 rings (SSSR count). The van der Waals surface area contributed by atoms with Crippen LogP contribution < -0.4 is 10.1 Å². The van der Waals surface area contributed by atoms with Gasteiger partial charge in [0.25, 0.3) is 5.91 Å². The molecule has 0 bridgehead atoms. The van der Waals surface area contributed by atoms with Crippen molar-refractivity contribution in [3.8, 4) is 5.88 Å². The molecule has 0 spiro atoms. The van der Waals surface area contributed by atoms with Gasteiger partial charge in [-0.15, -0.1) is 5.10 Å². The van der Waals surface area contributed by atoms with Crippen LogP contribution >= 0.6 is 22.9 Å². The molecule has 6 nitrogen and oxygen atoms in total. The van der Waals surface area contributed by atoms with Crippen LogP contribution in [0.1, 0.15) is 15.9 Å². The zero-order valence-electron chi connectivity index (χ0n) is 12.2. The third kappa shape index (κ3) is 2.53. The van der Waals surface area contributed by atoms with Crippen molar-refractivity contribution in [2.45, 2.75) is 6.92 Å². The van der Waals surface area contributed by atoms with Crippen molar-refractivity contribution in [3.05, 3.63) is 34.5 Å². The van der Waals surface area contributed by atoms with Gasteiger partial charge in [-0.2, -0.15) is 0 Å². The maximum absolute atomic E-state index is 12.3. The SMILES string of the molecule is COc1nn(C)cc1C(=O)Nc1nc2c(C)c(Cl)ccc2s1. The van der Waals surface area contributed by atoms with E-state index in [1.807, 2.05) is 19.1 Å². The second-order valence-electron chi connectivity index (χ2n) is 4.72. The van der Waals surface area contributed by atoms with Crippen molar-refractivity contribution in [1.29, 1.82) is 0 Å². The van der Waals surface area contributed by atoms with E-state index in [4.69, 9.17) is 16.3 Å². The molecule has 0 unspecified atom stereocenters. The Hall–Kier alpha value is -2.12. The number of aromatic nitrogens is 3. The van der Waals surface area contributed by atoms with Crippen molar-refractivity contribution in [2.24, 2.45) is 7.05 Å². The summed E-state index contributed by atoms with van der Waals surface area (Å²) >= 11 is 7.48. The number of amides is 1. The quantitative estimate of drug-likeness (QED) is 0.797. The minimum Gasteiger partial charge on any atom is -0.479 e. The van der Waals surface area contributed by atoms with Crippen LogP contribution in [0.15, 0.2) is 18.3 Å². The van der Waals surface area contributed by atoms with Gasteiger partial charge in [-0.1, -0.05) is 22.9 Å². The van der Waals surface area contributed by atoms with Gasteiger partial charge in [0.2, 0.25) is 5.88 Å². The minimum atomic E-state index is -0.312. The Morgan fingerprint density at radius 1 is 1.45 bits per heavy atom. The number of benzene rings is 1. The molecule has 0 aliphatic carbocycles. The highest BCUT2D eigenvalue weighted by molar-refractivity contribution is 7.22. The van der Waals surface area contributed by atoms with E-state index >= 15 is 0 Å². The number of methoxy groups -OCH3 is 1. The molecule has 0 aliphatic heterocycles. The van der Waals surface area contributed by atoms with Gasteiger partial charge in [-0.25, -0.2) is 4.98 Å². The van der Waals surface area contributed by atoms with E-state index < -0.39 is 0 Å². The number of carbonyl (C=O) groups is 1. The molecule has 0 aliphatic rings. The fourth-order valence-electron chi connectivity index (χ4n) is 2.09. The summed E-state index contributed by atoms with van der Waals surface area (Å²) in [7, 11) is 3.20. The molecule has 2 heterocycles. The number of aryl methyl sites for hydroxylation is 2. The number of ether oxygens (including phenoxy) is 1. The lowest BCUT2D eigenvalue weighted by atomic mass is 10.2. The molecule has 1 aromatic carbocycles. The Labute approximate surface area is 135 Å². The lowest BCUT2D eigenvalue weighted by Gasteiger charge is -2.00. The third-order valence-electron chi connectivity index (χ3n) is 3.20. The van der Waals surface area contributed by atoms with Gasteiger partial charge >= 0.3 is 0 Å². The molecular weight excluding hydrogens is 324 g/mol. The molecule has 8 heteroatoms. The van der Waals surface area contributed by atoms with Gasteiger partial charge < -0.3 is 4.74 Å². The minimum absolute atomic E-state index is 0.278. The number of carbonyl (C=O) groups excluding carboxylic acids is 1. The van der Waals surface area contributed by atoms with Crippen LogP contribution in [0.3, 0.4) is 0 Å². The Morgan fingerprint density at radius 3 is 2.95 bits per heavy atom. The summed E-state index contributed by atoms with van der Waals surface area (Å²) in [5.74, 6) is -0.0342. The highest BCUT2D eigenvalue weighted by Gasteiger charge is 2.18. The summed E-state index contributed by atoms with van der Waals surface area (Å²) < 4.78 is 7.58. The molecule has 114 valence electrons. The van der Waals surface area contributed by atoms with Gasteiger partial charge in [0.05, 0.1) is 17.3 Å². The first-order chi connectivity index (χ1) is 10.5. The van der Waals surface area contributed by atoms with Gasteiger partial charge in [0, 0.05) is 18.3 Å². The van der Waals surface area contributed by atoms with Crippen LogP contribution in [0.25, 0.3) is 10.2 Å². The van der Waals surface area contributed by atoms with Crippen LogP contribution in [-0.2, 0) is 7.05 Å². The number of hydrogen-bond donors (Lipinski definition) is 1.